The molecule has 124 valence electrons. The molecule has 0 aromatic heterocycles. The monoisotopic (exact) mass is 392 g/mol. The zero-order valence-electron chi connectivity index (χ0n) is 13.6. The minimum absolute atomic E-state index is 0.0388. The van der Waals surface area contributed by atoms with E-state index in [0.29, 0.717) is 12.2 Å². The van der Waals surface area contributed by atoms with Gasteiger partial charge in [-0.25, -0.2) is 0 Å². The number of hydrogen-bond acceptors (Lipinski definition) is 2. The van der Waals surface area contributed by atoms with Crippen molar-refractivity contribution in [1.82, 2.24) is 0 Å². The van der Waals surface area contributed by atoms with Crippen LogP contribution in [0.5, 0.6) is 5.75 Å². The van der Waals surface area contributed by atoms with Gasteiger partial charge in [0.2, 0.25) is 0 Å². The van der Waals surface area contributed by atoms with Gasteiger partial charge in [-0.05, 0) is 41.5 Å². The molecule has 0 spiro atoms. The molecule has 0 amide bonds. The molecule has 0 unspecified atom stereocenters. The summed E-state index contributed by atoms with van der Waals surface area (Å²) >= 11 is 3.40. The Bertz CT molecular complexity index is 885. The summed E-state index contributed by atoms with van der Waals surface area (Å²) in [6, 6.07) is 25.1. The lowest BCUT2D eigenvalue weighted by atomic mass is 10.1. The van der Waals surface area contributed by atoms with Crippen molar-refractivity contribution in [1.29, 1.82) is 0 Å². The van der Waals surface area contributed by atoms with Gasteiger partial charge in [0.15, 0.2) is 5.78 Å². The number of halogens is 1. The standard InChI is InChI=1S/C22H17BrO2/c23-21-12-5-4-11-20(21)22(24)14-13-17-9-6-10-19(15-17)25-16-18-7-2-1-3-8-18/h1-15H,16H2/b14-13+. The molecule has 3 rings (SSSR count). The van der Waals surface area contributed by atoms with Crippen molar-refractivity contribution < 1.29 is 9.53 Å². The van der Waals surface area contributed by atoms with Crippen molar-refractivity contribution in [3.05, 3.63) is 106 Å². The van der Waals surface area contributed by atoms with Crippen LogP contribution in [0.2, 0.25) is 0 Å². The fraction of sp³-hybridized carbons (Fsp3) is 0.0455. The lowest BCUT2D eigenvalue weighted by Gasteiger charge is -2.07. The van der Waals surface area contributed by atoms with Crippen LogP contribution in [0.15, 0.2) is 89.4 Å². The van der Waals surface area contributed by atoms with E-state index in [4.69, 9.17) is 4.74 Å². The first kappa shape index (κ1) is 17.2. The maximum atomic E-state index is 12.3. The summed E-state index contributed by atoms with van der Waals surface area (Å²) in [6.45, 7) is 0.518. The molecular weight excluding hydrogens is 376 g/mol. The number of ether oxygens (including phenoxy) is 1. The quantitative estimate of drug-likeness (QED) is 0.384. The van der Waals surface area contributed by atoms with Gasteiger partial charge >= 0.3 is 0 Å². The molecule has 0 aliphatic heterocycles. The molecule has 0 fully saturated rings. The summed E-state index contributed by atoms with van der Waals surface area (Å²) in [4.78, 5) is 12.3. The first-order valence-electron chi connectivity index (χ1n) is 7.96. The maximum absolute atomic E-state index is 12.3. The molecule has 3 heteroatoms. The third-order valence-corrected chi connectivity index (χ3v) is 4.36. The first-order chi connectivity index (χ1) is 12.2. The number of allylic oxidation sites excluding steroid dienone is 1. The van der Waals surface area contributed by atoms with Crippen LogP contribution in [-0.2, 0) is 6.61 Å². The van der Waals surface area contributed by atoms with Crippen LogP contribution >= 0.6 is 15.9 Å². The van der Waals surface area contributed by atoms with E-state index in [-0.39, 0.29) is 5.78 Å². The molecule has 0 heterocycles. The predicted molar refractivity (Wildman–Crippen MR) is 105 cm³/mol. The van der Waals surface area contributed by atoms with Crippen LogP contribution in [0.25, 0.3) is 6.08 Å². The highest BCUT2D eigenvalue weighted by Crippen LogP contribution is 2.19. The molecule has 3 aromatic carbocycles. The van der Waals surface area contributed by atoms with Crippen LogP contribution in [0.3, 0.4) is 0 Å². The van der Waals surface area contributed by atoms with Crippen molar-refractivity contribution in [3.63, 3.8) is 0 Å². The molecule has 2 nitrogen and oxygen atoms in total. The van der Waals surface area contributed by atoms with Gasteiger partial charge < -0.3 is 4.74 Å². The lowest BCUT2D eigenvalue weighted by molar-refractivity contribution is 0.104. The van der Waals surface area contributed by atoms with E-state index in [0.717, 1.165) is 21.3 Å². The van der Waals surface area contributed by atoms with Crippen molar-refractivity contribution in [3.8, 4) is 5.75 Å². The fourth-order valence-corrected chi connectivity index (χ4v) is 2.85. The van der Waals surface area contributed by atoms with Crippen molar-refractivity contribution >= 4 is 27.8 Å². The third kappa shape index (κ3) is 4.91. The average Bonchev–Trinajstić information content (AvgIpc) is 2.66. The molecule has 0 aliphatic carbocycles. The van der Waals surface area contributed by atoms with Gasteiger partial charge in [-0.15, -0.1) is 0 Å². The van der Waals surface area contributed by atoms with Gasteiger partial charge in [0, 0.05) is 10.0 Å². The van der Waals surface area contributed by atoms with Crippen molar-refractivity contribution in [2.24, 2.45) is 0 Å². The molecule has 0 atom stereocenters. The Labute approximate surface area is 155 Å². The first-order valence-corrected chi connectivity index (χ1v) is 8.75. The van der Waals surface area contributed by atoms with Gasteiger partial charge in [0.05, 0.1) is 0 Å². The number of rotatable bonds is 6. The average molecular weight is 393 g/mol. The van der Waals surface area contributed by atoms with Crippen molar-refractivity contribution in [2.45, 2.75) is 6.61 Å². The van der Waals surface area contributed by atoms with Gasteiger partial charge in [-0.2, -0.15) is 0 Å². The van der Waals surface area contributed by atoms with Crippen LogP contribution in [-0.4, -0.2) is 5.78 Å². The molecular formula is C22H17BrO2. The molecule has 0 aliphatic rings. The van der Waals surface area contributed by atoms with E-state index in [1.165, 1.54) is 0 Å². The smallest absolute Gasteiger partial charge is 0.186 e. The third-order valence-electron chi connectivity index (χ3n) is 3.67. The molecule has 0 bridgehead atoms. The maximum Gasteiger partial charge on any atom is 0.186 e. The van der Waals surface area contributed by atoms with Crippen LogP contribution in [0.4, 0.5) is 0 Å². The molecule has 0 saturated carbocycles. The highest BCUT2D eigenvalue weighted by atomic mass is 79.9. The minimum atomic E-state index is -0.0388. The zero-order valence-corrected chi connectivity index (χ0v) is 15.1. The van der Waals surface area contributed by atoms with Gasteiger partial charge in [0.25, 0.3) is 0 Å². The zero-order chi connectivity index (χ0) is 17.5. The normalized spacial score (nSPS) is 10.8. The number of ketones is 1. The molecule has 0 radical (unpaired) electrons. The van der Waals surface area contributed by atoms with E-state index >= 15 is 0 Å². The van der Waals surface area contributed by atoms with Crippen LogP contribution in [0.1, 0.15) is 21.5 Å². The van der Waals surface area contributed by atoms with Crippen LogP contribution < -0.4 is 4.74 Å². The van der Waals surface area contributed by atoms with E-state index in [9.17, 15) is 4.79 Å². The number of carbonyl (C=O) groups excluding carboxylic acids is 1. The summed E-state index contributed by atoms with van der Waals surface area (Å²) < 4.78 is 6.61. The number of carbonyl (C=O) groups is 1. The van der Waals surface area contributed by atoms with E-state index in [1.54, 1.807) is 18.2 Å². The molecule has 0 N–H and O–H groups in total. The topological polar surface area (TPSA) is 26.3 Å². The second kappa shape index (κ2) is 8.45. The van der Waals surface area contributed by atoms with Crippen LogP contribution in [0, 0.1) is 0 Å². The Kier molecular flexibility index (Phi) is 5.81. The second-order valence-corrected chi connectivity index (χ2v) is 6.38. The van der Waals surface area contributed by atoms with Gasteiger partial charge in [0.1, 0.15) is 12.4 Å². The Morgan fingerprint density at radius 2 is 1.68 bits per heavy atom. The van der Waals surface area contributed by atoms with E-state index < -0.39 is 0 Å². The summed E-state index contributed by atoms with van der Waals surface area (Å²) in [7, 11) is 0. The van der Waals surface area contributed by atoms with E-state index in [2.05, 4.69) is 15.9 Å². The Balaban J connectivity index is 1.67. The highest BCUT2D eigenvalue weighted by Gasteiger charge is 2.05. The lowest BCUT2D eigenvalue weighted by Crippen LogP contribution is -1.96. The Morgan fingerprint density at radius 3 is 2.48 bits per heavy atom. The summed E-state index contributed by atoms with van der Waals surface area (Å²) in [5.74, 6) is 0.738. The molecule has 3 aromatic rings. The van der Waals surface area contributed by atoms with Gasteiger partial charge in [-0.1, -0.05) is 76.6 Å². The largest absolute Gasteiger partial charge is 0.489 e. The number of benzene rings is 3. The SMILES string of the molecule is O=C(/C=C/c1cccc(OCc2ccccc2)c1)c1ccccc1Br. The Hall–Kier alpha value is -2.65. The van der Waals surface area contributed by atoms with Crippen molar-refractivity contribution in [2.75, 3.05) is 0 Å². The summed E-state index contributed by atoms with van der Waals surface area (Å²) in [6.07, 6.45) is 3.38. The molecule has 25 heavy (non-hydrogen) atoms. The summed E-state index contributed by atoms with van der Waals surface area (Å²) in [5.41, 5.74) is 2.69. The van der Waals surface area contributed by atoms with Gasteiger partial charge in [-0.3, -0.25) is 4.79 Å². The van der Waals surface area contributed by atoms with E-state index in [1.807, 2.05) is 72.8 Å². The summed E-state index contributed by atoms with van der Waals surface area (Å²) in [5, 5.41) is 0. The fourth-order valence-electron chi connectivity index (χ4n) is 2.37. The Morgan fingerprint density at radius 1 is 0.920 bits per heavy atom. The number of hydrogen-bond donors (Lipinski definition) is 0. The second-order valence-electron chi connectivity index (χ2n) is 5.52. The minimum Gasteiger partial charge on any atom is -0.489 e. The predicted octanol–water partition coefficient (Wildman–Crippen LogP) is 5.92. The molecule has 0 saturated heterocycles. The highest BCUT2D eigenvalue weighted by molar-refractivity contribution is 9.10.